The quantitative estimate of drug-likeness (QED) is 0.719. The Balaban J connectivity index is 2.24. The van der Waals surface area contributed by atoms with Gasteiger partial charge >= 0.3 is 0 Å². The average molecular weight is 222 g/mol. The van der Waals surface area contributed by atoms with Gasteiger partial charge in [0.05, 0.1) is 7.11 Å². The summed E-state index contributed by atoms with van der Waals surface area (Å²) >= 11 is 0. The second-order valence-corrected chi connectivity index (χ2v) is 3.36. The molecule has 0 aliphatic heterocycles. The Morgan fingerprint density at radius 3 is 2.50 bits per heavy atom. The van der Waals surface area contributed by atoms with Crippen molar-refractivity contribution in [2.75, 3.05) is 25.5 Å². The Hall–Kier alpha value is -1.71. The first kappa shape index (κ1) is 12.4. The largest absolute Gasteiger partial charge is 0.497 e. The number of carbonyl (C=O) groups is 1. The summed E-state index contributed by atoms with van der Waals surface area (Å²) in [4.78, 5) is 11.0. The fraction of sp³-hybridized carbons (Fsp3) is 0.417. The van der Waals surface area contributed by atoms with E-state index in [0.717, 1.165) is 18.0 Å². The van der Waals surface area contributed by atoms with Gasteiger partial charge in [0.25, 0.3) is 0 Å². The SMILES string of the molecule is CCC(=O)NCCNc1ccc(OC)cc1. The lowest BCUT2D eigenvalue weighted by atomic mass is 10.3. The van der Waals surface area contributed by atoms with E-state index in [9.17, 15) is 4.79 Å². The van der Waals surface area contributed by atoms with Gasteiger partial charge in [0.15, 0.2) is 0 Å². The van der Waals surface area contributed by atoms with Crippen LogP contribution in [-0.4, -0.2) is 26.1 Å². The molecule has 4 nitrogen and oxygen atoms in total. The first-order chi connectivity index (χ1) is 7.76. The summed E-state index contributed by atoms with van der Waals surface area (Å²) in [5, 5.41) is 6.00. The van der Waals surface area contributed by atoms with E-state index in [1.54, 1.807) is 7.11 Å². The molecule has 1 rings (SSSR count). The normalized spacial score (nSPS) is 9.62. The molecule has 0 spiro atoms. The van der Waals surface area contributed by atoms with E-state index >= 15 is 0 Å². The van der Waals surface area contributed by atoms with E-state index in [1.807, 2.05) is 31.2 Å². The summed E-state index contributed by atoms with van der Waals surface area (Å²) in [5.74, 6) is 0.918. The molecule has 0 aliphatic carbocycles. The minimum Gasteiger partial charge on any atom is -0.497 e. The number of methoxy groups -OCH3 is 1. The number of nitrogens with one attached hydrogen (secondary N) is 2. The Labute approximate surface area is 96.0 Å². The zero-order valence-corrected chi connectivity index (χ0v) is 9.75. The predicted molar refractivity (Wildman–Crippen MR) is 64.8 cm³/mol. The Bertz CT molecular complexity index is 322. The van der Waals surface area contributed by atoms with Gasteiger partial charge in [-0.25, -0.2) is 0 Å². The highest BCUT2D eigenvalue weighted by molar-refractivity contribution is 5.75. The maximum atomic E-state index is 11.0. The number of hydrogen-bond donors (Lipinski definition) is 2. The molecule has 0 fully saturated rings. The number of anilines is 1. The molecule has 4 heteroatoms. The first-order valence-electron chi connectivity index (χ1n) is 5.41. The van der Waals surface area contributed by atoms with Gasteiger partial charge in [-0.05, 0) is 24.3 Å². The summed E-state index contributed by atoms with van der Waals surface area (Å²) in [6.07, 6.45) is 0.530. The second kappa shape index (κ2) is 6.71. The molecule has 88 valence electrons. The monoisotopic (exact) mass is 222 g/mol. The van der Waals surface area contributed by atoms with E-state index in [2.05, 4.69) is 10.6 Å². The van der Waals surface area contributed by atoms with E-state index in [4.69, 9.17) is 4.74 Å². The molecule has 0 atom stereocenters. The van der Waals surface area contributed by atoms with Crippen molar-refractivity contribution >= 4 is 11.6 Å². The average Bonchev–Trinajstić information content (AvgIpc) is 2.35. The number of benzene rings is 1. The molecule has 0 aromatic heterocycles. The highest BCUT2D eigenvalue weighted by Crippen LogP contribution is 2.14. The van der Waals surface area contributed by atoms with Crippen molar-refractivity contribution < 1.29 is 9.53 Å². The van der Waals surface area contributed by atoms with Gasteiger partial charge in [0.2, 0.25) is 5.91 Å². The Morgan fingerprint density at radius 2 is 1.94 bits per heavy atom. The van der Waals surface area contributed by atoms with Crippen LogP contribution in [0, 0.1) is 0 Å². The minimum atomic E-state index is 0.0801. The molecule has 0 radical (unpaired) electrons. The summed E-state index contributed by atoms with van der Waals surface area (Å²) in [7, 11) is 1.64. The van der Waals surface area contributed by atoms with Crippen LogP contribution in [0.5, 0.6) is 5.75 Å². The van der Waals surface area contributed by atoms with Crippen molar-refractivity contribution in [1.82, 2.24) is 5.32 Å². The molecule has 1 amide bonds. The number of ether oxygens (including phenoxy) is 1. The minimum absolute atomic E-state index is 0.0801. The van der Waals surface area contributed by atoms with E-state index in [1.165, 1.54) is 0 Å². The molecule has 1 aromatic rings. The molecule has 0 heterocycles. The van der Waals surface area contributed by atoms with Gasteiger partial charge < -0.3 is 15.4 Å². The highest BCUT2D eigenvalue weighted by Gasteiger charge is 1.96. The zero-order chi connectivity index (χ0) is 11.8. The van der Waals surface area contributed by atoms with Crippen molar-refractivity contribution in [3.63, 3.8) is 0 Å². The molecular formula is C12H18N2O2. The standard InChI is InChI=1S/C12H18N2O2/c1-3-12(15)14-9-8-13-10-4-6-11(16-2)7-5-10/h4-7,13H,3,8-9H2,1-2H3,(H,14,15). The number of rotatable bonds is 6. The fourth-order valence-electron chi connectivity index (χ4n) is 1.24. The fourth-order valence-corrected chi connectivity index (χ4v) is 1.24. The smallest absolute Gasteiger partial charge is 0.219 e. The summed E-state index contributed by atoms with van der Waals surface area (Å²) < 4.78 is 5.06. The molecule has 0 saturated heterocycles. The van der Waals surface area contributed by atoms with Gasteiger partial charge in [-0.1, -0.05) is 6.92 Å². The molecule has 2 N–H and O–H groups in total. The van der Waals surface area contributed by atoms with Crippen molar-refractivity contribution in [3.05, 3.63) is 24.3 Å². The van der Waals surface area contributed by atoms with Crippen LogP contribution in [-0.2, 0) is 4.79 Å². The van der Waals surface area contributed by atoms with Gasteiger partial charge in [0, 0.05) is 25.2 Å². The third-order valence-electron chi connectivity index (χ3n) is 2.19. The Morgan fingerprint density at radius 1 is 1.25 bits per heavy atom. The Kier molecular flexibility index (Phi) is 5.19. The van der Waals surface area contributed by atoms with Gasteiger partial charge in [0.1, 0.15) is 5.75 Å². The predicted octanol–water partition coefficient (Wildman–Crippen LogP) is 1.63. The molecule has 0 saturated carbocycles. The van der Waals surface area contributed by atoms with Crippen LogP contribution in [0.2, 0.25) is 0 Å². The van der Waals surface area contributed by atoms with Crippen molar-refractivity contribution in [1.29, 1.82) is 0 Å². The van der Waals surface area contributed by atoms with Gasteiger partial charge in [-0.2, -0.15) is 0 Å². The van der Waals surface area contributed by atoms with E-state index in [-0.39, 0.29) is 5.91 Å². The van der Waals surface area contributed by atoms with Crippen molar-refractivity contribution in [2.24, 2.45) is 0 Å². The second-order valence-electron chi connectivity index (χ2n) is 3.36. The number of amides is 1. The molecule has 0 aliphatic rings. The van der Waals surface area contributed by atoms with Crippen LogP contribution >= 0.6 is 0 Å². The van der Waals surface area contributed by atoms with Crippen LogP contribution in [0.25, 0.3) is 0 Å². The van der Waals surface area contributed by atoms with Crippen LogP contribution < -0.4 is 15.4 Å². The molecule has 0 unspecified atom stereocenters. The third-order valence-corrected chi connectivity index (χ3v) is 2.19. The third kappa shape index (κ3) is 4.21. The van der Waals surface area contributed by atoms with E-state index < -0.39 is 0 Å². The first-order valence-corrected chi connectivity index (χ1v) is 5.41. The lowest BCUT2D eigenvalue weighted by molar-refractivity contribution is -0.120. The maximum absolute atomic E-state index is 11.0. The molecule has 0 bridgehead atoms. The van der Waals surface area contributed by atoms with Gasteiger partial charge in [-0.3, -0.25) is 4.79 Å². The summed E-state index contributed by atoms with van der Waals surface area (Å²) in [5.41, 5.74) is 1.02. The van der Waals surface area contributed by atoms with Crippen LogP contribution in [0.3, 0.4) is 0 Å². The zero-order valence-electron chi connectivity index (χ0n) is 9.75. The molecule has 16 heavy (non-hydrogen) atoms. The van der Waals surface area contributed by atoms with Gasteiger partial charge in [-0.15, -0.1) is 0 Å². The van der Waals surface area contributed by atoms with Crippen LogP contribution in [0.1, 0.15) is 13.3 Å². The maximum Gasteiger partial charge on any atom is 0.219 e. The lowest BCUT2D eigenvalue weighted by Crippen LogP contribution is -2.27. The number of carbonyl (C=O) groups excluding carboxylic acids is 1. The summed E-state index contributed by atoms with van der Waals surface area (Å²) in [6.45, 7) is 3.20. The molecular weight excluding hydrogens is 204 g/mol. The van der Waals surface area contributed by atoms with Crippen molar-refractivity contribution in [2.45, 2.75) is 13.3 Å². The van der Waals surface area contributed by atoms with Crippen LogP contribution in [0.15, 0.2) is 24.3 Å². The molecule has 1 aromatic carbocycles. The van der Waals surface area contributed by atoms with E-state index in [0.29, 0.717) is 13.0 Å². The van der Waals surface area contributed by atoms with Crippen molar-refractivity contribution in [3.8, 4) is 5.75 Å². The summed E-state index contributed by atoms with van der Waals surface area (Å²) in [6, 6.07) is 7.68. The lowest BCUT2D eigenvalue weighted by Gasteiger charge is -2.07. The number of hydrogen-bond acceptors (Lipinski definition) is 3. The topological polar surface area (TPSA) is 50.4 Å². The van der Waals surface area contributed by atoms with Crippen LogP contribution in [0.4, 0.5) is 5.69 Å². The highest BCUT2D eigenvalue weighted by atomic mass is 16.5.